The topological polar surface area (TPSA) is 86.9 Å². The Bertz CT molecular complexity index is 1030. The van der Waals surface area contributed by atoms with Gasteiger partial charge in [-0.05, 0) is 70.2 Å². The van der Waals surface area contributed by atoms with Crippen LogP contribution < -0.4 is 14.2 Å². The van der Waals surface area contributed by atoms with Crippen LogP contribution in [-0.2, 0) is 6.54 Å². The minimum Gasteiger partial charge on any atom is -0.497 e. The van der Waals surface area contributed by atoms with E-state index < -0.39 is 0 Å². The maximum Gasteiger partial charge on any atom is 0.254 e. The van der Waals surface area contributed by atoms with Gasteiger partial charge < -0.3 is 23.6 Å². The highest BCUT2D eigenvalue weighted by Crippen LogP contribution is 2.29. The van der Waals surface area contributed by atoms with Crippen LogP contribution in [0.15, 0.2) is 47.0 Å². The van der Waals surface area contributed by atoms with Crippen molar-refractivity contribution in [3.8, 4) is 28.6 Å². The van der Waals surface area contributed by atoms with Crippen LogP contribution in [0.25, 0.3) is 11.4 Å². The zero-order valence-electron chi connectivity index (χ0n) is 19.1. The number of aromatic nitrogens is 2. The Labute approximate surface area is 188 Å². The smallest absolute Gasteiger partial charge is 0.254 e. The number of carbonyl (C=O) groups is 1. The monoisotopic (exact) mass is 439 g/mol. The van der Waals surface area contributed by atoms with E-state index in [1.54, 1.807) is 30.2 Å². The summed E-state index contributed by atoms with van der Waals surface area (Å²) in [5, 5.41) is 4.06. The van der Waals surface area contributed by atoms with E-state index in [0.717, 1.165) is 11.3 Å². The molecule has 0 unspecified atom stereocenters. The third-order valence-electron chi connectivity index (χ3n) is 4.80. The minimum atomic E-state index is -0.159. The molecule has 1 heterocycles. The lowest BCUT2D eigenvalue weighted by Gasteiger charge is -2.25. The summed E-state index contributed by atoms with van der Waals surface area (Å²) in [7, 11) is 1.61. The van der Waals surface area contributed by atoms with Crippen molar-refractivity contribution in [2.45, 2.75) is 40.3 Å². The van der Waals surface area contributed by atoms with E-state index in [2.05, 4.69) is 10.1 Å². The minimum absolute atomic E-state index is 0.0825. The Morgan fingerprint density at radius 3 is 2.34 bits per heavy atom. The van der Waals surface area contributed by atoms with Crippen LogP contribution in [-0.4, -0.2) is 47.3 Å². The summed E-state index contributed by atoms with van der Waals surface area (Å²) in [6, 6.07) is 12.5. The van der Waals surface area contributed by atoms with Crippen molar-refractivity contribution in [2.75, 3.05) is 20.3 Å². The Morgan fingerprint density at radius 1 is 1.03 bits per heavy atom. The Balaban J connectivity index is 1.80. The van der Waals surface area contributed by atoms with Crippen molar-refractivity contribution < 1.29 is 23.5 Å². The molecule has 2 aromatic carbocycles. The highest BCUT2D eigenvalue weighted by atomic mass is 16.5. The molecule has 8 nitrogen and oxygen atoms in total. The zero-order valence-corrected chi connectivity index (χ0v) is 19.1. The van der Waals surface area contributed by atoms with E-state index in [4.69, 9.17) is 18.7 Å². The van der Waals surface area contributed by atoms with E-state index in [9.17, 15) is 4.79 Å². The fourth-order valence-corrected chi connectivity index (χ4v) is 3.16. The van der Waals surface area contributed by atoms with E-state index >= 15 is 0 Å². The number of rotatable bonds is 10. The molecule has 1 aromatic heterocycles. The lowest BCUT2D eigenvalue weighted by atomic mass is 10.1. The molecule has 32 heavy (non-hydrogen) atoms. The summed E-state index contributed by atoms with van der Waals surface area (Å²) in [4.78, 5) is 19.4. The van der Waals surface area contributed by atoms with E-state index in [-0.39, 0.29) is 18.5 Å². The molecular weight excluding hydrogens is 410 g/mol. The van der Waals surface area contributed by atoms with Gasteiger partial charge in [0.15, 0.2) is 11.5 Å². The molecule has 170 valence electrons. The van der Waals surface area contributed by atoms with Gasteiger partial charge in [0.1, 0.15) is 12.3 Å². The molecule has 0 radical (unpaired) electrons. The number of methoxy groups -OCH3 is 1. The summed E-state index contributed by atoms with van der Waals surface area (Å²) in [5.41, 5.74) is 1.30. The van der Waals surface area contributed by atoms with Crippen LogP contribution in [0.4, 0.5) is 0 Å². The fourth-order valence-electron chi connectivity index (χ4n) is 3.16. The third kappa shape index (κ3) is 5.38. The number of benzene rings is 2. The van der Waals surface area contributed by atoms with Crippen LogP contribution in [0.3, 0.4) is 0 Å². The molecule has 3 rings (SSSR count). The van der Waals surface area contributed by atoms with E-state index in [1.165, 1.54) is 0 Å². The van der Waals surface area contributed by atoms with Gasteiger partial charge in [0.05, 0.1) is 20.3 Å². The first-order valence-electron chi connectivity index (χ1n) is 10.6. The molecule has 0 saturated heterocycles. The second kappa shape index (κ2) is 10.7. The summed E-state index contributed by atoms with van der Waals surface area (Å²) >= 11 is 0. The van der Waals surface area contributed by atoms with Gasteiger partial charge in [0.2, 0.25) is 11.7 Å². The van der Waals surface area contributed by atoms with Crippen molar-refractivity contribution in [1.29, 1.82) is 0 Å². The number of carbonyl (C=O) groups excluding carboxylic acids is 1. The highest BCUT2D eigenvalue weighted by Gasteiger charge is 2.23. The molecule has 1 amide bonds. The fraction of sp³-hybridized carbons (Fsp3) is 0.375. The Kier molecular flexibility index (Phi) is 7.70. The van der Waals surface area contributed by atoms with Gasteiger partial charge in [0, 0.05) is 17.2 Å². The molecule has 0 fully saturated rings. The number of amides is 1. The van der Waals surface area contributed by atoms with Gasteiger partial charge in [-0.3, -0.25) is 4.79 Å². The summed E-state index contributed by atoms with van der Waals surface area (Å²) in [6.07, 6.45) is 0. The van der Waals surface area contributed by atoms with Crippen LogP contribution in [0.5, 0.6) is 17.2 Å². The SMILES string of the molecule is CCOc1ccc(C(=O)N(Cc2nc(-c3ccc(OC)cc3)no2)C(C)C)cc1OCC. The molecule has 0 aliphatic rings. The van der Waals surface area contributed by atoms with Crippen molar-refractivity contribution in [3.63, 3.8) is 0 Å². The predicted molar refractivity (Wildman–Crippen MR) is 120 cm³/mol. The maximum atomic E-state index is 13.3. The van der Waals surface area contributed by atoms with Crippen molar-refractivity contribution in [1.82, 2.24) is 15.0 Å². The van der Waals surface area contributed by atoms with Gasteiger partial charge in [-0.2, -0.15) is 4.98 Å². The summed E-state index contributed by atoms with van der Waals surface area (Å²) < 4.78 is 21.9. The van der Waals surface area contributed by atoms with Gasteiger partial charge in [-0.25, -0.2) is 0 Å². The van der Waals surface area contributed by atoms with Crippen molar-refractivity contribution >= 4 is 5.91 Å². The molecule has 0 aliphatic heterocycles. The molecule has 8 heteroatoms. The predicted octanol–water partition coefficient (Wildman–Crippen LogP) is 4.59. The standard InChI is InChI=1S/C24H29N3O5/c1-6-30-20-13-10-18(14-21(20)31-7-2)24(28)27(16(3)4)15-22-25-23(26-32-22)17-8-11-19(29-5)12-9-17/h8-14,16H,6-7,15H2,1-5H3. The van der Waals surface area contributed by atoms with Gasteiger partial charge >= 0.3 is 0 Å². The highest BCUT2D eigenvalue weighted by molar-refractivity contribution is 5.95. The average molecular weight is 440 g/mol. The third-order valence-corrected chi connectivity index (χ3v) is 4.80. The lowest BCUT2D eigenvalue weighted by molar-refractivity contribution is 0.0667. The Hall–Kier alpha value is -3.55. The van der Waals surface area contributed by atoms with Crippen LogP contribution >= 0.6 is 0 Å². The van der Waals surface area contributed by atoms with Gasteiger partial charge in [-0.15, -0.1) is 0 Å². The largest absolute Gasteiger partial charge is 0.497 e. The van der Waals surface area contributed by atoms with Crippen LogP contribution in [0.2, 0.25) is 0 Å². The molecule has 0 saturated carbocycles. The number of ether oxygens (including phenoxy) is 3. The maximum absolute atomic E-state index is 13.3. The Morgan fingerprint density at radius 2 is 1.72 bits per heavy atom. The molecule has 0 bridgehead atoms. The van der Waals surface area contributed by atoms with Crippen LogP contribution in [0, 0.1) is 0 Å². The second-order valence-corrected chi connectivity index (χ2v) is 7.29. The van der Waals surface area contributed by atoms with Crippen molar-refractivity contribution in [3.05, 3.63) is 53.9 Å². The number of nitrogens with zero attached hydrogens (tertiary/aromatic N) is 3. The van der Waals surface area contributed by atoms with Gasteiger partial charge in [0.25, 0.3) is 5.91 Å². The second-order valence-electron chi connectivity index (χ2n) is 7.29. The van der Waals surface area contributed by atoms with E-state index in [1.807, 2.05) is 52.0 Å². The average Bonchev–Trinajstić information content (AvgIpc) is 3.27. The first-order valence-corrected chi connectivity index (χ1v) is 10.6. The summed E-state index contributed by atoms with van der Waals surface area (Å²) in [6.45, 7) is 8.85. The lowest BCUT2D eigenvalue weighted by Crippen LogP contribution is -2.36. The first kappa shape index (κ1) is 23.1. The van der Waals surface area contributed by atoms with Crippen molar-refractivity contribution in [2.24, 2.45) is 0 Å². The molecule has 0 atom stereocenters. The normalized spacial score (nSPS) is 10.8. The van der Waals surface area contributed by atoms with Crippen LogP contribution in [0.1, 0.15) is 43.9 Å². The summed E-state index contributed by atoms with van der Waals surface area (Å²) in [5.74, 6) is 2.56. The molecule has 0 aliphatic carbocycles. The molecule has 3 aromatic rings. The van der Waals surface area contributed by atoms with Gasteiger partial charge in [-0.1, -0.05) is 5.16 Å². The number of hydrogen-bond acceptors (Lipinski definition) is 7. The molecular formula is C24H29N3O5. The zero-order chi connectivity index (χ0) is 23.1. The quantitative estimate of drug-likeness (QED) is 0.456. The first-order chi connectivity index (χ1) is 15.5. The van der Waals surface area contributed by atoms with E-state index in [0.29, 0.717) is 42.0 Å². The number of hydrogen-bond donors (Lipinski definition) is 0. The molecule has 0 spiro atoms. The molecule has 0 N–H and O–H groups in total.